The van der Waals surface area contributed by atoms with Gasteiger partial charge in [-0.2, -0.15) is 0 Å². The highest BCUT2D eigenvalue weighted by Crippen LogP contribution is 2.13. The molecule has 1 N–H and O–H groups in total. The first-order valence-electron chi connectivity index (χ1n) is 5.64. The van der Waals surface area contributed by atoms with Crippen LogP contribution in [-0.2, 0) is 11.4 Å². The largest absolute Gasteiger partial charge is 0.342 e. The monoisotopic (exact) mass is 252 g/mol. The fraction of sp³-hybridized carbons (Fsp3) is 0.417. The van der Waals surface area contributed by atoms with Gasteiger partial charge in [-0.15, -0.1) is 11.8 Å². The van der Waals surface area contributed by atoms with Crippen molar-refractivity contribution < 1.29 is 9.63 Å². The molecule has 0 aromatic heterocycles. The van der Waals surface area contributed by atoms with Crippen molar-refractivity contribution in [2.24, 2.45) is 0 Å². The molecule has 0 atom stereocenters. The number of carbonyl (C=O) groups excluding carboxylic acids is 1. The van der Waals surface area contributed by atoms with Crippen LogP contribution >= 0.6 is 11.8 Å². The van der Waals surface area contributed by atoms with Crippen molar-refractivity contribution in [3.05, 3.63) is 35.9 Å². The predicted octanol–water partition coefficient (Wildman–Crippen LogP) is 2.22. The van der Waals surface area contributed by atoms with Gasteiger partial charge in [0.25, 0.3) is 0 Å². The summed E-state index contributed by atoms with van der Waals surface area (Å²) in [7, 11) is 0. The summed E-state index contributed by atoms with van der Waals surface area (Å²) in [6.07, 6.45) is 1.05. The Balaban J connectivity index is 1.69. The second-order valence-corrected chi connectivity index (χ2v) is 4.91. The SMILES string of the molecule is O=C(NOCc1ccccc1)N1CCCSC1. The molecule has 0 unspecified atom stereocenters. The summed E-state index contributed by atoms with van der Waals surface area (Å²) in [5.41, 5.74) is 3.52. The van der Waals surface area contributed by atoms with E-state index in [1.54, 1.807) is 16.7 Å². The molecule has 1 saturated heterocycles. The lowest BCUT2D eigenvalue weighted by atomic mass is 10.2. The van der Waals surface area contributed by atoms with E-state index < -0.39 is 0 Å². The Kier molecular flexibility index (Phi) is 4.70. The standard InChI is InChI=1S/C12H16N2O2S/c15-12(14-7-4-8-17-10-14)13-16-9-11-5-2-1-3-6-11/h1-3,5-6H,4,7-10H2,(H,13,15). The van der Waals surface area contributed by atoms with Crippen LogP contribution in [0.2, 0.25) is 0 Å². The van der Waals surface area contributed by atoms with Gasteiger partial charge in [-0.05, 0) is 17.7 Å². The summed E-state index contributed by atoms with van der Waals surface area (Å²) >= 11 is 1.77. The summed E-state index contributed by atoms with van der Waals surface area (Å²) in [5, 5.41) is 0. The molecule has 0 aliphatic carbocycles. The molecular formula is C12H16N2O2S. The molecule has 1 aliphatic heterocycles. The summed E-state index contributed by atoms with van der Waals surface area (Å²) in [5.74, 6) is 1.88. The topological polar surface area (TPSA) is 41.6 Å². The van der Waals surface area contributed by atoms with Crippen molar-refractivity contribution in [1.29, 1.82) is 0 Å². The molecule has 17 heavy (non-hydrogen) atoms. The first-order chi connectivity index (χ1) is 8.36. The van der Waals surface area contributed by atoms with Gasteiger partial charge < -0.3 is 4.90 Å². The van der Waals surface area contributed by atoms with Gasteiger partial charge in [0.1, 0.15) is 0 Å². The molecule has 1 aromatic carbocycles. The molecule has 0 saturated carbocycles. The molecule has 1 aromatic rings. The van der Waals surface area contributed by atoms with Crippen LogP contribution in [0.15, 0.2) is 30.3 Å². The van der Waals surface area contributed by atoms with E-state index >= 15 is 0 Å². The van der Waals surface area contributed by atoms with Crippen molar-refractivity contribution in [1.82, 2.24) is 10.4 Å². The van der Waals surface area contributed by atoms with E-state index in [9.17, 15) is 4.79 Å². The van der Waals surface area contributed by atoms with E-state index in [0.717, 1.165) is 30.2 Å². The van der Waals surface area contributed by atoms with Crippen LogP contribution in [0, 0.1) is 0 Å². The molecule has 2 amide bonds. The Morgan fingerprint density at radius 2 is 2.24 bits per heavy atom. The third-order valence-corrected chi connectivity index (χ3v) is 3.56. The maximum absolute atomic E-state index is 11.7. The van der Waals surface area contributed by atoms with E-state index in [0.29, 0.717) is 6.61 Å². The second kappa shape index (κ2) is 6.51. The first-order valence-corrected chi connectivity index (χ1v) is 6.80. The number of rotatable bonds is 3. The highest BCUT2D eigenvalue weighted by molar-refractivity contribution is 7.99. The predicted molar refractivity (Wildman–Crippen MR) is 68.4 cm³/mol. The fourth-order valence-corrected chi connectivity index (χ4v) is 2.51. The second-order valence-electron chi connectivity index (χ2n) is 3.84. The maximum Gasteiger partial charge on any atom is 0.342 e. The van der Waals surface area contributed by atoms with E-state index in [1.165, 1.54) is 0 Å². The van der Waals surface area contributed by atoms with Crippen LogP contribution in [0.3, 0.4) is 0 Å². The number of benzene rings is 1. The quantitative estimate of drug-likeness (QED) is 0.839. The first kappa shape index (κ1) is 12.3. The van der Waals surface area contributed by atoms with Gasteiger partial charge in [-0.1, -0.05) is 30.3 Å². The number of nitrogens with zero attached hydrogens (tertiary/aromatic N) is 1. The average Bonchev–Trinajstić information content (AvgIpc) is 2.41. The van der Waals surface area contributed by atoms with E-state index in [-0.39, 0.29) is 6.03 Å². The molecule has 1 heterocycles. The summed E-state index contributed by atoms with van der Waals surface area (Å²) < 4.78 is 0. The van der Waals surface area contributed by atoms with Crippen LogP contribution in [0.4, 0.5) is 4.79 Å². The Morgan fingerprint density at radius 3 is 2.94 bits per heavy atom. The number of hydrogen-bond acceptors (Lipinski definition) is 3. The smallest absolute Gasteiger partial charge is 0.314 e. The third kappa shape index (κ3) is 3.94. The van der Waals surface area contributed by atoms with Crippen molar-refractivity contribution >= 4 is 17.8 Å². The Morgan fingerprint density at radius 1 is 1.41 bits per heavy atom. The number of hydroxylamine groups is 1. The Bertz CT molecular complexity index is 353. The highest BCUT2D eigenvalue weighted by Gasteiger charge is 2.16. The van der Waals surface area contributed by atoms with Crippen LogP contribution in [-0.4, -0.2) is 29.1 Å². The number of thioether (sulfide) groups is 1. The molecule has 0 radical (unpaired) electrons. The molecule has 2 rings (SSSR count). The van der Waals surface area contributed by atoms with Crippen LogP contribution in [0.1, 0.15) is 12.0 Å². The Labute approximate surface area is 105 Å². The van der Waals surface area contributed by atoms with Crippen molar-refractivity contribution in [3.8, 4) is 0 Å². The molecule has 1 fully saturated rings. The molecule has 1 aliphatic rings. The normalized spacial score (nSPS) is 15.6. The lowest BCUT2D eigenvalue weighted by Gasteiger charge is -2.25. The number of nitrogens with one attached hydrogen (secondary N) is 1. The molecule has 5 heteroatoms. The van der Waals surface area contributed by atoms with Crippen LogP contribution < -0.4 is 5.48 Å². The van der Waals surface area contributed by atoms with Gasteiger partial charge in [0.15, 0.2) is 0 Å². The zero-order valence-corrected chi connectivity index (χ0v) is 10.4. The van der Waals surface area contributed by atoms with Gasteiger partial charge in [-0.3, -0.25) is 4.84 Å². The highest BCUT2D eigenvalue weighted by atomic mass is 32.2. The van der Waals surface area contributed by atoms with Crippen molar-refractivity contribution in [2.75, 3.05) is 18.2 Å². The lowest BCUT2D eigenvalue weighted by Crippen LogP contribution is -2.42. The van der Waals surface area contributed by atoms with Gasteiger partial charge in [0.2, 0.25) is 0 Å². The fourth-order valence-electron chi connectivity index (χ4n) is 1.58. The number of urea groups is 1. The number of hydrogen-bond donors (Lipinski definition) is 1. The molecule has 4 nitrogen and oxygen atoms in total. The minimum absolute atomic E-state index is 0.145. The zero-order chi connectivity index (χ0) is 11.9. The van der Waals surface area contributed by atoms with Gasteiger partial charge in [0.05, 0.1) is 12.5 Å². The average molecular weight is 252 g/mol. The van der Waals surface area contributed by atoms with Crippen molar-refractivity contribution in [3.63, 3.8) is 0 Å². The van der Waals surface area contributed by atoms with E-state index in [1.807, 2.05) is 30.3 Å². The third-order valence-electron chi connectivity index (χ3n) is 2.49. The minimum atomic E-state index is -0.145. The van der Waals surface area contributed by atoms with E-state index in [2.05, 4.69) is 5.48 Å². The minimum Gasteiger partial charge on any atom is -0.314 e. The molecule has 0 bridgehead atoms. The van der Waals surface area contributed by atoms with Gasteiger partial charge in [-0.25, -0.2) is 10.3 Å². The summed E-state index contributed by atoms with van der Waals surface area (Å²) in [4.78, 5) is 18.6. The number of carbonyl (C=O) groups is 1. The molecular weight excluding hydrogens is 236 g/mol. The molecule has 0 spiro atoms. The maximum atomic E-state index is 11.7. The van der Waals surface area contributed by atoms with Gasteiger partial charge in [0, 0.05) is 6.54 Å². The zero-order valence-electron chi connectivity index (χ0n) is 9.59. The van der Waals surface area contributed by atoms with Gasteiger partial charge >= 0.3 is 6.03 Å². The van der Waals surface area contributed by atoms with Crippen LogP contribution in [0.25, 0.3) is 0 Å². The van der Waals surface area contributed by atoms with E-state index in [4.69, 9.17) is 4.84 Å². The lowest BCUT2D eigenvalue weighted by molar-refractivity contribution is 0.0381. The summed E-state index contributed by atoms with van der Waals surface area (Å²) in [6, 6.07) is 9.62. The van der Waals surface area contributed by atoms with Crippen molar-refractivity contribution in [2.45, 2.75) is 13.0 Å². The summed E-state index contributed by atoms with van der Waals surface area (Å²) in [6.45, 7) is 1.21. The number of amides is 2. The Hall–Kier alpha value is -1.20. The molecule has 92 valence electrons. The van der Waals surface area contributed by atoms with Crippen LogP contribution in [0.5, 0.6) is 0 Å².